The molecule has 0 saturated carbocycles. The van der Waals surface area contributed by atoms with Crippen molar-refractivity contribution in [2.24, 2.45) is 0 Å². The van der Waals surface area contributed by atoms with E-state index in [0.29, 0.717) is 27.6 Å². The molecule has 4 rings (SSSR count). The molecular weight excluding hydrogens is 549 g/mol. The van der Waals surface area contributed by atoms with Gasteiger partial charge in [-0.15, -0.1) is 0 Å². The van der Waals surface area contributed by atoms with Crippen LogP contribution in [0, 0.1) is 0 Å². The SMILES string of the molecule is CCC(CS(=O)(=O)c1ccccc1)N1C(=O)[C@@H](CC(=O)O)O[C@H](c2cccc(Cl)c2)[C@H]1c1ccc(Cl)cc1. The molecule has 0 spiro atoms. The number of carboxylic acids is 1. The number of nitrogens with zero attached hydrogens (tertiary/aromatic N) is 1. The number of hydrogen-bond donors (Lipinski definition) is 1. The average molecular weight is 576 g/mol. The fourth-order valence-corrected chi connectivity index (χ4v) is 6.76. The molecule has 1 aliphatic rings. The molecule has 1 fully saturated rings. The first-order valence-corrected chi connectivity index (χ1v) is 14.5. The molecule has 1 unspecified atom stereocenters. The maximum atomic E-state index is 13.9. The van der Waals surface area contributed by atoms with E-state index in [1.54, 1.807) is 73.7 Å². The molecule has 1 aliphatic heterocycles. The monoisotopic (exact) mass is 575 g/mol. The molecule has 1 N–H and O–H groups in total. The molecule has 38 heavy (non-hydrogen) atoms. The first-order valence-electron chi connectivity index (χ1n) is 12.1. The van der Waals surface area contributed by atoms with E-state index in [9.17, 15) is 23.1 Å². The first-order chi connectivity index (χ1) is 18.1. The van der Waals surface area contributed by atoms with E-state index in [0.717, 1.165) is 0 Å². The number of rotatable bonds is 9. The molecule has 200 valence electrons. The number of aliphatic carboxylic acids is 1. The number of ether oxygens (including phenoxy) is 1. The van der Waals surface area contributed by atoms with Crippen LogP contribution in [-0.2, 0) is 24.2 Å². The van der Waals surface area contributed by atoms with E-state index in [2.05, 4.69) is 0 Å². The zero-order valence-corrected chi connectivity index (χ0v) is 22.9. The molecular formula is C28H27Cl2NO6S. The van der Waals surface area contributed by atoms with Gasteiger partial charge in [-0.05, 0) is 53.9 Å². The molecule has 0 radical (unpaired) electrons. The Labute approximate surface area is 231 Å². The summed E-state index contributed by atoms with van der Waals surface area (Å²) in [6, 6.07) is 20.3. The van der Waals surface area contributed by atoms with Crippen LogP contribution < -0.4 is 0 Å². The molecule has 0 bridgehead atoms. The Balaban J connectivity index is 1.86. The standard InChI is InChI=1S/C28H27Cl2NO6S/c1-2-22(17-38(35,36)23-9-4-3-5-10-23)31-26(18-11-13-20(29)14-12-18)27(19-7-6-8-21(30)15-19)37-24(28(31)34)16-25(32)33/h3-15,22,24,26-27H,2,16-17H2,1H3,(H,32,33)/t22?,24-,26-,27-/m1/s1. The molecule has 0 aliphatic carbocycles. The predicted molar refractivity (Wildman–Crippen MR) is 145 cm³/mol. The van der Waals surface area contributed by atoms with Crippen LogP contribution in [0.2, 0.25) is 10.0 Å². The van der Waals surface area contributed by atoms with Gasteiger partial charge in [-0.1, -0.05) is 72.6 Å². The van der Waals surface area contributed by atoms with Crippen LogP contribution in [0.4, 0.5) is 0 Å². The summed E-state index contributed by atoms with van der Waals surface area (Å²) in [5.41, 5.74) is 1.29. The van der Waals surface area contributed by atoms with Gasteiger partial charge in [0.1, 0.15) is 12.2 Å². The second-order valence-electron chi connectivity index (χ2n) is 9.10. The summed E-state index contributed by atoms with van der Waals surface area (Å²) in [6.45, 7) is 1.80. The molecule has 3 aromatic rings. The second kappa shape index (κ2) is 11.9. The van der Waals surface area contributed by atoms with Crippen molar-refractivity contribution >= 4 is 44.9 Å². The van der Waals surface area contributed by atoms with Crippen molar-refractivity contribution in [1.29, 1.82) is 0 Å². The van der Waals surface area contributed by atoms with Crippen LogP contribution in [0.15, 0.2) is 83.8 Å². The van der Waals surface area contributed by atoms with Gasteiger partial charge >= 0.3 is 5.97 Å². The summed E-state index contributed by atoms with van der Waals surface area (Å²) < 4.78 is 33.0. The van der Waals surface area contributed by atoms with Crippen molar-refractivity contribution in [1.82, 2.24) is 4.90 Å². The van der Waals surface area contributed by atoms with Crippen LogP contribution in [0.5, 0.6) is 0 Å². The van der Waals surface area contributed by atoms with Crippen molar-refractivity contribution in [3.63, 3.8) is 0 Å². The lowest BCUT2D eigenvalue weighted by atomic mass is 9.89. The number of halogens is 2. The van der Waals surface area contributed by atoms with Crippen LogP contribution in [0.1, 0.15) is 43.0 Å². The van der Waals surface area contributed by atoms with Gasteiger partial charge in [0.15, 0.2) is 9.84 Å². The number of sulfone groups is 1. The molecule has 1 heterocycles. The molecule has 10 heteroatoms. The van der Waals surface area contributed by atoms with Gasteiger partial charge in [0.2, 0.25) is 0 Å². The minimum atomic E-state index is -3.78. The summed E-state index contributed by atoms with van der Waals surface area (Å²) in [4.78, 5) is 27.2. The van der Waals surface area contributed by atoms with Gasteiger partial charge in [-0.25, -0.2) is 8.42 Å². The lowest BCUT2D eigenvalue weighted by molar-refractivity contribution is -0.182. The molecule has 7 nitrogen and oxygen atoms in total. The number of carbonyl (C=O) groups is 2. The van der Waals surface area contributed by atoms with E-state index in [-0.39, 0.29) is 10.6 Å². The third kappa shape index (κ3) is 6.21. The smallest absolute Gasteiger partial charge is 0.306 e. The Bertz CT molecular complexity index is 1400. The topological polar surface area (TPSA) is 101 Å². The zero-order chi connectivity index (χ0) is 27.4. The average Bonchev–Trinajstić information content (AvgIpc) is 2.89. The molecule has 0 aromatic heterocycles. The lowest BCUT2D eigenvalue weighted by Gasteiger charge is -2.48. The minimum absolute atomic E-state index is 0.149. The summed E-state index contributed by atoms with van der Waals surface area (Å²) in [7, 11) is -3.78. The van der Waals surface area contributed by atoms with Gasteiger partial charge in [0.05, 0.1) is 23.1 Å². The Morgan fingerprint density at radius 2 is 1.66 bits per heavy atom. The highest BCUT2D eigenvalue weighted by atomic mass is 35.5. The Kier molecular flexibility index (Phi) is 8.78. The Morgan fingerprint density at radius 1 is 0.974 bits per heavy atom. The zero-order valence-electron chi connectivity index (χ0n) is 20.5. The highest BCUT2D eigenvalue weighted by Gasteiger charge is 2.47. The largest absolute Gasteiger partial charge is 0.481 e. The van der Waals surface area contributed by atoms with Gasteiger partial charge in [-0.2, -0.15) is 0 Å². The number of hydrogen-bond acceptors (Lipinski definition) is 5. The highest BCUT2D eigenvalue weighted by Crippen LogP contribution is 2.45. The predicted octanol–water partition coefficient (Wildman–Crippen LogP) is 5.73. The van der Waals surface area contributed by atoms with Gasteiger partial charge < -0.3 is 14.7 Å². The van der Waals surface area contributed by atoms with Crippen LogP contribution >= 0.6 is 23.2 Å². The van der Waals surface area contributed by atoms with Crippen molar-refractivity contribution < 1.29 is 27.9 Å². The lowest BCUT2D eigenvalue weighted by Crippen LogP contribution is -2.56. The van der Waals surface area contributed by atoms with Crippen molar-refractivity contribution in [2.75, 3.05) is 5.75 Å². The van der Waals surface area contributed by atoms with E-state index >= 15 is 0 Å². The van der Waals surface area contributed by atoms with Crippen LogP contribution in [0.25, 0.3) is 0 Å². The van der Waals surface area contributed by atoms with Crippen molar-refractivity contribution in [2.45, 2.75) is 49.0 Å². The fourth-order valence-electron chi connectivity index (χ4n) is 4.77. The van der Waals surface area contributed by atoms with E-state index in [4.69, 9.17) is 27.9 Å². The van der Waals surface area contributed by atoms with Gasteiger partial charge in [0.25, 0.3) is 5.91 Å². The van der Waals surface area contributed by atoms with Crippen LogP contribution in [-0.4, -0.2) is 48.2 Å². The maximum Gasteiger partial charge on any atom is 0.306 e. The maximum absolute atomic E-state index is 13.9. The quantitative estimate of drug-likeness (QED) is 0.349. The van der Waals surface area contributed by atoms with Crippen molar-refractivity contribution in [3.8, 4) is 0 Å². The van der Waals surface area contributed by atoms with E-state index in [1.165, 1.54) is 17.0 Å². The number of amides is 1. The molecule has 3 aromatic carbocycles. The Morgan fingerprint density at radius 3 is 2.26 bits per heavy atom. The Hall–Kier alpha value is -2.91. The summed E-state index contributed by atoms with van der Waals surface area (Å²) in [5.74, 6) is -2.13. The molecule has 1 amide bonds. The van der Waals surface area contributed by atoms with Gasteiger partial charge in [-0.3, -0.25) is 9.59 Å². The first kappa shape index (κ1) is 28.1. The number of morpholine rings is 1. The third-order valence-corrected chi connectivity index (χ3v) is 8.86. The van der Waals surface area contributed by atoms with Crippen molar-refractivity contribution in [3.05, 3.63) is 100 Å². The highest BCUT2D eigenvalue weighted by molar-refractivity contribution is 7.91. The summed E-state index contributed by atoms with van der Waals surface area (Å²) in [6.07, 6.45) is -2.38. The fraction of sp³-hybridized carbons (Fsp3) is 0.286. The third-order valence-electron chi connectivity index (χ3n) is 6.55. The van der Waals surface area contributed by atoms with E-state index in [1.807, 2.05) is 0 Å². The van der Waals surface area contributed by atoms with Crippen LogP contribution in [0.3, 0.4) is 0 Å². The number of benzene rings is 3. The molecule has 1 saturated heterocycles. The number of carbonyl (C=O) groups excluding carboxylic acids is 1. The minimum Gasteiger partial charge on any atom is -0.481 e. The summed E-state index contributed by atoms with van der Waals surface area (Å²) >= 11 is 12.4. The van der Waals surface area contributed by atoms with Gasteiger partial charge in [0, 0.05) is 16.1 Å². The summed E-state index contributed by atoms with van der Waals surface area (Å²) in [5, 5.41) is 10.5. The van der Waals surface area contributed by atoms with E-state index < -0.39 is 52.4 Å². The number of carboxylic acid groups (broad SMARTS) is 1. The normalized spacial score (nSPS) is 20.8. The second-order valence-corrected chi connectivity index (χ2v) is 12.0. The molecule has 4 atom stereocenters.